The Bertz CT molecular complexity index is 998. The number of benzene rings is 3. The second-order valence-electron chi connectivity index (χ2n) is 6.93. The van der Waals surface area contributed by atoms with Crippen LogP contribution in [0.2, 0.25) is 0 Å². The van der Waals surface area contributed by atoms with Gasteiger partial charge in [-0.3, -0.25) is 0 Å². The second kappa shape index (κ2) is 12.1. The Hall–Kier alpha value is -2.29. The minimum absolute atomic E-state index is 0.0302. The quantitative estimate of drug-likeness (QED) is 0.166. The van der Waals surface area contributed by atoms with Crippen molar-refractivity contribution >= 4 is 21.0 Å². The van der Waals surface area contributed by atoms with Crippen molar-refractivity contribution in [2.45, 2.75) is 52.8 Å². The summed E-state index contributed by atoms with van der Waals surface area (Å²) in [5, 5.41) is 0. The molecule has 0 saturated heterocycles. The van der Waals surface area contributed by atoms with Crippen LogP contribution in [-0.4, -0.2) is 18.5 Å². The molecule has 0 N–H and O–H groups in total. The SMILES string of the molecule is CCCCCc1ccc([S+](c2ccccc2)c2ccccc2)cc1.O=S(=O)([O-])C(F)(F)F. The molecule has 0 amide bonds. The molecular weight excluding hydrogens is 457 g/mol. The van der Waals surface area contributed by atoms with E-state index in [1.807, 2.05) is 0 Å². The van der Waals surface area contributed by atoms with Gasteiger partial charge in [-0.15, -0.1) is 0 Å². The lowest BCUT2D eigenvalue weighted by atomic mass is 10.1. The van der Waals surface area contributed by atoms with E-state index in [9.17, 15) is 13.2 Å². The average molecular weight is 483 g/mol. The lowest BCUT2D eigenvalue weighted by Gasteiger charge is -2.08. The first-order valence-electron chi connectivity index (χ1n) is 10.1. The summed E-state index contributed by atoms with van der Waals surface area (Å²) in [6.07, 6.45) is 5.08. The maximum absolute atomic E-state index is 10.7. The molecule has 0 unspecified atom stereocenters. The van der Waals surface area contributed by atoms with Crippen molar-refractivity contribution in [1.29, 1.82) is 0 Å². The average Bonchev–Trinajstić information content (AvgIpc) is 2.76. The van der Waals surface area contributed by atoms with Gasteiger partial charge in [0, 0.05) is 0 Å². The largest absolute Gasteiger partial charge is 0.741 e. The molecule has 0 aliphatic heterocycles. The van der Waals surface area contributed by atoms with E-state index >= 15 is 0 Å². The summed E-state index contributed by atoms with van der Waals surface area (Å²) in [5.41, 5.74) is -4.19. The second-order valence-corrected chi connectivity index (χ2v) is 10.3. The smallest absolute Gasteiger partial charge is 0.485 e. The molecule has 0 bridgehead atoms. The molecule has 0 heterocycles. The molecule has 0 aliphatic rings. The summed E-state index contributed by atoms with van der Waals surface area (Å²) < 4.78 is 58.9. The zero-order chi connectivity index (χ0) is 23.6. The fraction of sp³-hybridized carbons (Fsp3) is 0.250. The van der Waals surface area contributed by atoms with Gasteiger partial charge >= 0.3 is 5.51 Å². The lowest BCUT2D eigenvalue weighted by molar-refractivity contribution is -0.0517. The van der Waals surface area contributed by atoms with E-state index < -0.39 is 15.6 Å². The van der Waals surface area contributed by atoms with Crippen molar-refractivity contribution in [2.75, 3.05) is 0 Å². The molecular formula is C24H25F3O3S2. The molecule has 0 radical (unpaired) electrons. The van der Waals surface area contributed by atoms with Crippen molar-refractivity contribution in [3.05, 3.63) is 90.5 Å². The van der Waals surface area contributed by atoms with Crippen molar-refractivity contribution in [1.82, 2.24) is 0 Å². The molecule has 0 saturated carbocycles. The van der Waals surface area contributed by atoms with E-state index in [4.69, 9.17) is 13.0 Å². The summed E-state index contributed by atoms with van der Waals surface area (Å²) in [4.78, 5) is 4.15. The third kappa shape index (κ3) is 8.00. The van der Waals surface area contributed by atoms with E-state index in [2.05, 4.69) is 91.9 Å². The van der Waals surface area contributed by atoms with Crippen molar-refractivity contribution in [3.63, 3.8) is 0 Å². The highest BCUT2D eigenvalue weighted by atomic mass is 32.2. The number of rotatable bonds is 7. The maximum atomic E-state index is 10.7. The zero-order valence-electron chi connectivity index (χ0n) is 17.6. The number of unbranched alkanes of at least 4 members (excludes halogenated alkanes) is 2. The van der Waals surface area contributed by atoms with Crippen LogP contribution in [0.4, 0.5) is 13.2 Å². The first-order valence-corrected chi connectivity index (χ1v) is 12.7. The molecule has 0 fully saturated rings. The van der Waals surface area contributed by atoms with E-state index in [1.54, 1.807) is 0 Å². The third-order valence-electron chi connectivity index (χ3n) is 4.47. The van der Waals surface area contributed by atoms with Crippen LogP contribution < -0.4 is 0 Å². The van der Waals surface area contributed by atoms with Gasteiger partial charge in [-0.2, -0.15) is 13.2 Å². The molecule has 3 rings (SSSR count). The number of halogens is 3. The van der Waals surface area contributed by atoms with E-state index in [1.165, 1.54) is 45.9 Å². The van der Waals surface area contributed by atoms with Crippen LogP contribution in [0.3, 0.4) is 0 Å². The molecule has 3 aromatic rings. The van der Waals surface area contributed by atoms with Crippen LogP contribution in [0.25, 0.3) is 0 Å². The monoisotopic (exact) mass is 482 g/mol. The number of aryl methyl sites for hydroxylation is 1. The zero-order valence-corrected chi connectivity index (χ0v) is 19.2. The van der Waals surface area contributed by atoms with Crippen LogP contribution in [0.15, 0.2) is 99.6 Å². The summed E-state index contributed by atoms with van der Waals surface area (Å²) in [6.45, 7) is 2.26. The topological polar surface area (TPSA) is 57.2 Å². The Labute approximate surface area is 190 Å². The molecule has 0 atom stereocenters. The first-order chi connectivity index (χ1) is 15.1. The van der Waals surface area contributed by atoms with Gasteiger partial charge in [-0.05, 0) is 54.8 Å². The van der Waals surface area contributed by atoms with Crippen molar-refractivity contribution in [3.8, 4) is 0 Å². The Morgan fingerprint density at radius 2 is 1.16 bits per heavy atom. The summed E-state index contributed by atoms with van der Waals surface area (Å²) in [5.74, 6) is 0. The minimum Gasteiger partial charge on any atom is -0.741 e. The number of alkyl halides is 3. The van der Waals surface area contributed by atoms with E-state index in [0.717, 1.165) is 0 Å². The summed E-state index contributed by atoms with van der Waals surface area (Å²) in [6, 6.07) is 31.0. The van der Waals surface area contributed by atoms with Gasteiger partial charge < -0.3 is 4.55 Å². The molecule has 3 nitrogen and oxygen atoms in total. The normalized spacial score (nSPS) is 11.7. The van der Waals surface area contributed by atoms with Crippen molar-refractivity contribution in [2.24, 2.45) is 0 Å². The van der Waals surface area contributed by atoms with Gasteiger partial charge in [0.2, 0.25) is 0 Å². The van der Waals surface area contributed by atoms with Crippen molar-refractivity contribution < 1.29 is 26.1 Å². The fourth-order valence-corrected chi connectivity index (χ4v) is 4.98. The molecule has 8 heteroatoms. The Balaban J connectivity index is 0.000000390. The van der Waals surface area contributed by atoms with Crippen LogP contribution in [0, 0.1) is 0 Å². The lowest BCUT2D eigenvalue weighted by Crippen LogP contribution is -2.21. The summed E-state index contributed by atoms with van der Waals surface area (Å²) in [7, 11) is -6.12. The molecule has 0 aliphatic carbocycles. The van der Waals surface area contributed by atoms with Crippen LogP contribution in [0.1, 0.15) is 31.7 Å². The van der Waals surface area contributed by atoms with Gasteiger partial charge in [0.05, 0.1) is 10.9 Å². The molecule has 0 spiro atoms. The molecule has 3 aromatic carbocycles. The van der Waals surface area contributed by atoms with Gasteiger partial charge in [-0.25, -0.2) is 8.42 Å². The van der Waals surface area contributed by atoms with Gasteiger partial charge in [0.1, 0.15) is 0 Å². The van der Waals surface area contributed by atoms with E-state index in [0.29, 0.717) is 0 Å². The molecule has 32 heavy (non-hydrogen) atoms. The Morgan fingerprint density at radius 1 is 0.750 bits per heavy atom. The maximum Gasteiger partial charge on any atom is 0.485 e. The van der Waals surface area contributed by atoms with Gasteiger partial charge in [0.15, 0.2) is 24.8 Å². The van der Waals surface area contributed by atoms with Crippen LogP contribution in [-0.2, 0) is 27.4 Å². The van der Waals surface area contributed by atoms with Gasteiger partial charge in [0.25, 0.3) is 0 Å². The Kier molecular flexibility index (Phi) is 9.81. The molecule has 172 valence electrons. The fourth-order valence-electron chi connectivity index (χ4n) is 2.89. The minimum atomic E-state index is -6.09. The van der Waals surface area contributed by atoms with E-state index in [-0.39, 0.29) is 10.9 Å². The highest BCUT2D eigenvalue weighted by Crippen LogP contribution is 2.31. The number of hydrogen-bond donors (Lipinski definition) is 0. The molecule has 0 aromatic heterocycles. The third-order valence-corrected chi connectivity index (χ3v) is 7.27. The predicted octanol–water partition coefficient (Wildman–Crippen LogP) is 6.57. The first kappa shape index (κ1) is 26.0. The van der Waals surface area contributed by atoms with Gasteiger partial charge in [-0.1, -0.05) is 68.3 Å². The van der Waals surface area contributed by atoms with Crippen LogP contribution >= 0.6 is 0 Å². The highest BCUT2D eigenvalue weighted by molar-refractivity contribution is 7.97. The predicted molar refractivity (Wildman–Crippen MR) is 120 cm³/mol. The van der Waals surface area contributed by atoms with Crippen LogP contribution in [0.5, 0.6) is 0 Å². The highest BCUT2D eigenvalue weighted by Gasteiger charge is 2.37. The summed E-state index contributed by atoms with van der Waals surface area (Å²) >= 11 is 0. The standard InChI is InChI=1S/C23H25S.CHF3O3S/c1-2-3-6-11-20-16-18-23(19-17-20)24(21-12-7-4-8-13-21)22-14-9-5-10-15-22;2-1(3,4)8(5,6)7/h4-5,7-10,12-19H,2-3,6,11H2,1H3;(H,5,6,7)/q+1;/p-1. The Morgan fingerprint density at radius 3 is 1.53 bits per heavy atom. The number of hydrogen-bond acceptors (Lipinski definition) is 3.